The van der Waals surface area contributed by atoms with Gasteiger partial charge in [0, 0.05) is 6.54 Å². The van der Waals surface area contributed by atoms with Gasteiger partial charge in [-0.3, -0.25) is 19.3 Å². The Morgan fingerprint density at radius 3 is 2.52 bits per heavy atom. The molecular formula is C22H22N2O5. The van der Waals surface area contributed by atoms with Crippen LogP contribution in [0.1, 0.15) is 51.1 Å². The maximum atomic E-state index is 13.1. The molecule has 2 aromatic carbocycles. The summed E-state index contributed by atoms with van der Waals surface area (Å²) in [7, 11) is 0. The van der Waals surface area contributed by atoms with E-state index in [0.29, 0.717) is 18.7 Å². The van der Waals surface area contributed by atoms with Gasteiger partial charge in [0.05, 0.1) is 17.7 Å². The molecule has 1 atom stereocenters. The van der Waals surface area contributed by atoms with Gasteiger partial charge in [-0.05, 0) is 42.5 Å². The Kier molecular flexibility index (Phi) is 5.31. The Balaban J connectivity index is 1.57. The number of rotatable bonds is 5. The molecule has 2 N–H and O–H groups in total. The van der Waals surface area contributed by atoms with Crippen LogP contribution in [0, 0.1) is 0 Å². The normalized spacial score (nSPS) is 19.0. The number of carbonyl (C=O) groups excluding carboxylic acids is 3. The Morgan fingerprint density at radius 2 is 1.76 bits per heavy atom. The van der Waals surface area contributed by atoms with Crippen molar-refractivity contribution in [3.63, 3.8) is 0 Å². The monoisotopic (exact) mass is 394 g/mol. The van der Waals surface area contributed by atoms with E-state index >= 15 is 0 Å². The molecule has 4 rings (SSSR count). The van der Waals surface area contributed by atoms with Crippen LogP contribution in [0.15, 0.2) is 42.5 Å². The summed E-state index contributed by atoms with van der Waals surface area (Å²) in [6, 6.07) is 11.4. The number of fused-ring (bicyclic) bond motifs is 1. The van der Waals surface area contributed by atoms with Gasteiger partial charge in [-0.2, -0.15) is 0 Å². The van der Waals surface area contributed by atoms with Crippen LogP contribution < -0.4 is 10.1 Å². The molecule has 1 saturated heterocycles. The summed E-state index contributed by atoms with van der Waals surface area (Å²) in [5.74, 6) is -0.907. The molecule has 0 radical (unpaired) electrons. The molecule has 3 amide bonds. The number of carbonyl (C=O) groups is 3. The van der Waals surface area contributed by atoms with Crippen molar-refractivity contribution in [2.45, 2.75) is 38.5 Å². The fraction of sp³-hybridized carbons (Fsp3) is 0.318. The lowest BCUT2D eigenvalue weighted by molar-refractivity contribution is -0.124. The molecule has 0 saturated carbocycles. The first-order chi connectivity index (χ1) is 14.1. The van der Waals surface area contributed by atoms with Crippen LogP contribution in [0.3, 0.4) is 0 Å². The summed E-state index contributed by atoms with van der Waals surface area (Å²) in [5.41, 5.74) is 2.14. The second-order valence-electron chi connectivity index (χ2n) is 7.22. The molecule has 0 aliphatic carbocycles. The third-order valence-corrected chi connectivity index (χ3v) is 5.33. The van der Waals surface area contributed by atoms with Crippen molar-refractivity contribution >= 4 is 17.7 Å². The first kappa shape index (κ1) is 19.1. The highest BCUT2D eigenvalue weighted by Crippen LogP contribution is 2.33. The van der Waals surface area contributed by atoms with Crippen LogP contribution in [0.5, 0.6) is 5.75 Å². The average molecular weight is 394 g/mol. The number of nitrogens with one attached hydrogen (secondary N) is 1. The van der Waals surface area contributed by atoms with E-state index in [9.17, 15) is 14.4 Å². The molecule has 150 valence electrons. The van der Waals surface area contributed by atoms with Gasteiger partial charge in [0.1, 0.15) is 18.4 Å². The lowest BCUT2D eigenvalue weighted by atomic mass is 10.1. The zero-order valence-corrected chi connectivity index (χ0v) is 15.9. The fourth-order valence-electron chi connectivity index (χ4n) is 3.75. The number of hydrogen-bond donors (Lipinski definition) is 2. The van der Waals surface area contributed by atoms with E-state index in [1.807, 2.05) is 12.1 Å². The van der Waals surface area contributed by atoms with Gasteiger partial charge in [0.25, 0.3) is 11.8 Å². The first-order valence-corrected chi connectivity index (χ1v) is 9.70. The van der Waals surface area contributed by atoms with E-state index in [1.54, 1.807) is 30.3 Å². The molecule has 7 nitrogen and oxygen atoms in total. The highest BCUT2D eigenvalue weighted by Gasteiger charge is 2.44. The number of aliphatic hydroxyl groups is 1. The standard InChI is InChI=1S/C22H22N2O5/c25-12-14-7-9-15(10-8-14)13-29-18-6-3-4-16-19(18)22(28)24(21(16)27)17-5-1-2-11-23-20(17)26/h3-4,6-10,17,25H,1-2,5,11-13H2,(H,23,26). The van der Waals surface area contributed by atoms with Gasteiger partial charge >= 0.3 is 0 Å². The van der Waals surface area contributed by atoms with Crippen LogP contribution in [-0.2, 0) is 18.0 Å². The lowest BCUT2D eigenvalue weighted by Gasteiger charge is -2.23. The van der Waals surface area contributed by atoms with Crippen molar-refractivity contribution in [2.75, 3.05) is 6.54 Å². The highest BCUT2D eigenvalue weighted by molar-refractivity contribution is 6.24. The highest BCUT2D eigenvalue weighted by atomic mass is 16.5. The minimum atomic E-state index is -0.788. The van der Waals surface area contributed by atoms with Gasteiger partial charge in [0.2, 0.25) is 5.91 Å². The lowest BCUT2D eigenvalue weighted by Crippen LogP contribution is -2.48. The molecule has 7 heteroatoms. The van der Waals surface area contributed by atoms with Crippen molar-refractivity contribution in [3.8, 4) is 5.75 Å². The summed E-state index contributed by atoms with van der Waals surface area (Å²) in [4.78, 5) is 39.5. The van der Waals surface area contributed by atoms with Crippen LogP contribution in [0.4, 0.5) is 0 Å². The SMILES string of the molecule is O=C1NCCCCC1N1C(=O)c2cccc(OCc3ccc(CO)cc3)c2C1=O. The number of imide groups is 1. The summed E-state index contributed by atoms with van der Waals surface area (Å²) in [6.07, 6.45) is 2.06. The Labute approximate surface area is 168 Å². The first-order valence-electron chi connectivity index (χ1n) is 9.70. The fourth-order valence-corrected chi connectivity index (χ4v) is 3.75. The zero-order chi connectivity index (χ0) is 20.4. The van der Waals surface area contributed by atoms with Gasteiger partial charge in [-0.25, -0.2) is 0 Å². The second kappa shape index (κ2) is 8.05. The topological polar surface area (TPSA) is 95.9 Å². The van der Waals surface area contributed by atoms with Crippen molar-refractivity contribution in [2.24, 2.45) is 0 Å². The molecule has 2 heterocycles. The van der Waals surface area contributed by atoms with Crippen molar-refractivity contribution in [3.05, 3.63) is 64.7 Å². The molecule has 2 aromatic rings. The van der Waals surface area contributed by atoms with Gasteiger partial charge in [0.15, 0.2) is 0 Å². The predicted molar refractivity (Wildman–Crippen MR) is 104 cm³/mol. The van der Waals surface area contributed by atoms with Gasteiger partial charge < -0.3 is 15.2 Å². The largest absolute Gasteiger partial charge is 0.488 e. The second-order valence-corrected chi connectivity index (χ2v) is 7.22. The Bertz CT molecular complexity index is 954. The molecular weight excluding hydrogens is 372 g/mol. The van der Waals surface area contributed by atoms with Crippen LogP contribution in [-0.4, -0.2) is 40.3 Å². The molecule has 1 unspecified atom stereocenters. The maximum Gasteiger partial charge on any atom is 0.266 e. The third-order valence-electron chi connectivity index (χ3n) is 5.33. The smallest absolute Gasteiger partial charge is 0.266 e. The Hall–Kier alpha value is -3.19. The molecule has 0 aromatic heterocycles. The summed E-state index contributed by atoms with van der Waals surface area (Å²) < 4.78 is 5.85. The molecule has 29 heavy (non-hydrogen) atoms. The number of aliphatic hydroxyl groups excluding tert-OH is 1. The number of benzene rings is 2. The van der Waals surface area contributed by atoms with E-state index in [4.69, 9.17) is 9.84 Å². The van der Waals surface area contributed by atoms with Crippen LogP contribution in [0.25, 0.3) is 0 Å². The van der Waals surface area contributed by atoms with E-state index in [1.165, 1.54) is 0 Å². The maximum absolute atomic E-state index is 13.1. The summed E-state index contributed by atoms with van der Waals surface area (Å²) in [6.45, 7) is 0.740. The minimum absolute atomic E-state index is 0.0332. The number of nitrogens with zero attached hydrogens (tertiary/aromatic N) is 1. The zero-order valence-electron chi connectivity index (χ0n) is 15.9. The predicted octanol–water partition coefficient (Wildman–Crippen LogP) is 2.02. The molecule has 0 bridgehead atoms. The van der Waals surface area contributed by atoms with Gasteiger partial charge in [-0.1, -0.05) is 30.3 Å². The molecule has 1 fully saturated rings. The van der Waals surface area contributed by atoms with Crippen LogP contribution in [0.2, 0.25) is 0 Å². The number of ether oxygens (including phenoxy) is 1. The molecule has 2 aliphatic heterocycles. The summed E-state index contributed by atoms with van der Waals surface area (Å²) in [5, 5.41) is 11.9. The minimum Gasteiger partial charge on any atom is -0.488 e. The van der Waals surface area contributed by atoms with Crippen molar-refractivity contribution < 1.29 is 24.2 Å². The van der Waals surface area contributed by atoms with Crippen molar-refractivity contribution in [1.29, 1.82) is 0 Å². The number of hydrogen-bond acceptors (Lipinski definition) is 5. The quantitative estimate of drug-likeness (QED) is 0.757. The number of amides is 3. The van der Waals surface area contributed by atoms with Crippen LogP contribution >= 0.6 is 0 Å². The van der Waals surface area contributed by atoms with Crippen molar-refractivity contribution in [1.82, 2.24) is 10.2 Å². The Morgan fingerprint density at radius 1 is 1.00 bits per heavy atom. The van der Waals surface area contributed by atoms with Gasteiger partial charge in [-0.15, -0.1) is 0 Å². The van der Waals surface area contributed by atoms with E-state index in [0.717, 1.165) is 28.9 Å². The molecule has 2 aliphatic rings. The average Bonchev–Trinajstić information content (AvgIpc) is 2.87. The third kappa shape index (κ3) is 3.61. The van der Waals surface area contributed by atoms with E-state index in [-0.39, 0.29) is 30.2 Å². The van der Waals surface area contributed by atoms with E-state index < -0.39 is 17.9 Å². The summed E-state index contributed by atoms with van der Waals surface area (Å²) >= 11 is 0. The molecule has 0 spiro atoms. The van der Waals surface area contributed by atoms with E-state index in [2.05, 4.69) is 5.32 Å².